The van der Waals surface area contributed by atoms with Gasteiger partial charge in [-0.05, 0) is 127 Å². The Labute approximate surface area is 308 Å². The molecule has 7 rings (SSSR count). The monoisotopic (exact) mass is 718 g/mol. The van der Waals surface area contributed by atoms with E-state index in [4.69, 9.17) is 0 Å². The molecule has 3 heterocycles. The van der Waals surface area contributed by atoms with E-state index in [9.17, 15) is 29.7 Å². The zero-order chi connectivity index (χ0) is 37.4. The molecule has 0 bridgehead atoms. The summed E-state index contributed by atoms with van der Waals surface area (Å²) in [6, 6.07) is 14.1. The maximum absolute atomic E-state index is 13.6. The lowest BCUT2D eigenvalue weighted by molar-refractivity contribution is -0.140. The fraction of sp³-hybridized carbons (Fsp3) is 0.390. The highest BCUT2D eigenvalue weighted by Crippen LogP contribution is 2.43. The number of nitrogens with one attached hydrogen (secondary N) is 3. The summed E-state index contributed by atoms with van der Waals surface area (Å²) in [6.45, 7) is 7.40. The number of rotatable bonds is 14. The van der Waals surface area contributed by atoms with Gasteiger partial charge in [-0.3, -0.25) is 34.6 Å². The highest BCUT2D eigenvalue weighted by atomic mass is 16.4. The van der Waals surface area contributed by atoms with E-state index in [0.29, 0.717) is 42.6 Å². The van der Waals surface area contributed by atoms with Gasteiger partial charge in [-0.25, -0.2) is 0 Å². The van der Waals surface area contributed by atoms with E-state index < -0.39 is 24.2 Å². The van der Waals surface area contributed by atoms with Gasteiger partial charge in [0, 0.05) is 49.9 Å². The Kier molecular flexibility index (Phi) is 10.1. The van der Waals surface area contributed by atoms with Gasteiger partial charge in [-0.2, -0.15) is 0 Å². The van der Waals surface area contributed by atoms with Crippen LogP contribution < -0.4 is 16.0 Å². The van der Waals surface area contributed by atoms with Crippen molar-refractivity contribution in [2.24, 2.45) is 0 Å². The van der Waals surface area contributed by atoms with E-state index in [1.165, 1.54) is 0 Å². The molecule has 53 heavy (non-hydrogen) atoms. The van der Waals surface area contributed by atoms with Crippen LogP contribution in [-0.4, -0.2) is 79.3 Å². The van der Waals surface area contributed by atoms with Crippen LogP contribution in [0.25, 0.3) is 11.1 Å². The van der Waals surface area contributed by atoms with Gasteiger partial charge < -0.3 is 26.0 Å². The number of carboxylic acids is 1. The van der Waals surface area contributed by atoms with Gasteiger partial charge in [0.1, 0.15) is 17.4 Å². The van der Waals surface area contributed by atoms with Gasteiger partial charge in [0.15, 0.2) is 0 Å². The Bertz CT molecular complexity index is 2070. The van der Waals surface area contributed by atoms with Crippen LogP contribution >= 0.6 is 0 Å². The molecule has 1 saturated heterocycles. The first-order valence-corrected chi connectivity index (χ1v) is 18.2. The molecule has 4 aromatic rings. The largest absolute Gasteiger partial charge is 0.480 e. The molecule has 0 radical (unpaired) electrons. The van der Waals surface area contributed by atoms with Crippen molar-refractivity contribution in [1.29, 1.82) is 0 Å². The maximum Gasteiger partial charge on any atom is 0.323 e. The molecule has 2 saturated carbocycles. The van der Waals surface area contributed by atoms with Gasteiger partial charge >= 0.3 is 5.97 Å². The number of hydrogen-bond acceptors (Lipinski definition) is 9. The quantitative estimate of drug-likeness (QED) is 0.103. The molecule has 1 aliphatic heterocycles. The number of hydrogen-bond donors (Lipinski definition) is 6. The van der Waals surface area contributed by atoms with Crippen LogP contribution in [0, 0.1) is 13.8 Å². The molecule has 3 fully saturated rings. The predicted octanol–water partition coefficient (Wildman–Crippen LogP) is 5.12. The number of anilines is 2. The third-order valence-electron chi connectivity index (χ3n) is 10.5. The molecule has 3 aliphatic rings. The number of β-amino-alcohol motifs (C(OH)–C–C–N with tert-alkyl or cyclic N) is 1. The van der Waals surface area contributed by atoms with Gasteiger partial charge in [-0.1, -0.05) is 24.3 Å². The van der Waals surface area contributed by atoms with Crippen LogP contribution in [0.2, 0.25) is 0 Å². The van der Waals surface area contributed by atoms with Gasteiger partial charge in [0.05, 0.1) is 12.2 Å². The number of carboxylic acid groups (broad SMARTS) is 1. The van der Waals surface area contributed by atoms with Crippen LogP contribution in [0.15, 0.2) is 60.9 Å². The molecule has 12 heteroatoms. The van der Waals surface area contributed by atoms with Crippen molar-refractivity contribution in [3.8, 4) is 11.1 Å². The van der Waals surface area contributed by atoms with E-state index in [2.05, 4.69) is 30.8 Å². The van der Waals surface area contributed by atoms with E-state index in [0.717, 1.165) is 70.2 Å². The number of pyridine rings is 2. The average molecular weight is 719 g/mol. The number of carbonyl (C=O) groups excluding carboxylic acids is 2. The number of benzene rings is 2. The summed E-state index contributed by atoms with van der Waals surface area (Å²) in [5.74, 6) is -1.05. The van der Waals surface area contributed by atoms with E-state index in [1.54, 1.807) is 12.3 Å². The second-order valence-corrected chi connectivity index (χ2v) is 15.0. The number of amides is 2. The summed E-state index contributed by atoms with van der Waals surface area (Å²) in [5, 5.41) is 37.8. The van der Waals surface area contributed by atoms with Gasteiger partial charge in [-0.15, -0.1) is 0 Å². The minimum absolute atomic E-state index is 0.215. The average Bonchev–Trinajstić information content (AvgIpc) is 4.04. The van der Waals surface area contributed by atoms with Crippen molar-refractivity contribution in [2.45, 2.75) is 83.0 Å². The Morgan fingerprint density at radius 2 is 1.32 bits per heavy atom. The summed E-state index contributed by atoms with van der Waals surface area (Å²) in [5.41, 5.74) is 8.88. The van der Waals surface area contributed by atoms with Crippen LogP contribution in [0.3, 0.4) is 0 Å². The smallest absolute Gasteiger partial charge is 0.323 e. The summed E-state index contributed by atoms with van der Waals surface area (Å²) in [6.07, 6.45) is 7.58. The lowest BCUT2D eigenvalue weighted by Crippen LogP contribution is -2.59. The minimum atomic E-state index is -1.13. The zero-order valence-electron chi connectivity index (χ0n) is 30.3. The number of aliphatic hydroxyl groups excluding tert-OH is 1. The zero-order valence-corrected chi connectivity index (χ0v) is 30.3. The molecule has 2 aliphatic carbocycles. The third-order valence-corrected chi connectivity index (χ3v) is 10.5. The van der Waals surface area contributed by atoms with Gasteiger partial charge in [0.2, 0.25) is 0 Å². The van der Waals surface area contributed by atoms with Crippen molar-refractivity contribution < 1.29 is 29.7 Å². The van der Waals surface area contributed by atoms with Crippen LogP contribution in [0.5, 0.6) is 0 Å². The second-order valence-electron chi connectivity index (χ2n) is 15.0. The van der Waals surface area contributed by atoms with Crippen molar-refractivity contribution >= 4 is 29.2 Å². The first-order chi connectivity index (χ1) is 25.4. The standard InChI is InChI=1S/C41H46N6O6/c1-23-29(6-4-8-33(23)45-38(49)35-14-31(25-10-11-25)27(16-42-35)17-44-37(20-48)40(51)52)30-7-5-9-34(24(30)2)46-39(50)36-15-32(26-12-13-26)28(18-43-36)19-47-21-41(3,53)22-47/h4-9,14-16,18,25-26,37,44,48,53H,10-13,17,19-22H2,1-3H3,(H,45,49)(H,46,50)(H,51,52). The summed E-state index contributed by atoms with van der Waals surface area (Å²) in [7, 11) is 0. The first kappa shape index (κ1) is 36.4. The molecule has 2 aromatic carbocycles. The molecular weight excluding hydrogens is 672 g/mol. The molecule has 1 unspecified atom stereocenters. The Balaban J connectivity index is 1.06. The second kappa shape index (κ2) is 14.8. The molecular formula is C41H46N6O6. The molecule has 1 atom stereocenters. The molecule has 2 amide bonds. The van der Waals surface area contributed by atoms with Crippen molar-refractivity contribution in [3.05, 3.63) is 106 Å². The first-order valence-electron chi connectivity index (χ1n) is 18.2. The van der Waals surface area contributed by atoms with E-state index >= 15 is 0 Å². The fourth-order valence-corrected chi connectivity index (χ4v) is 7.31. The molecule has 12 nitrogen and oxygen atoms in total. The normalized spacial score (nSPS) is 17.2. The van der Waals surface area contributed by atoms with Crippen LogP contribution in [-0.2, 0) is 17.9 Å². The lowest BCUT2D eigenvalue weighted by Gasteiger charge is -2.44. The SMILES string of the molecule is Cc1c(NC(=O)c2cc(C3CC3)c(CNC(CO)C(=O)O)cn2)cccc1-c1cccc(NC(=O)c2cc(C3CC3)c(CN3CC(C)(O)C3)cn2)c1C. The molecule has 6 N–H and O–H groups in total. The Hall–Kier alpha value is -5.01. The number of nitrogens with zero attached hydrogens (tertiary/aromatic N) is 3. The number of aliphatic hydroxyl groups is 2. The highest BCUT2D eigenvalue weighted by molar-refractivity contribution is 6.05. The summed E-state index contributed by atoms with van der Waals surface area (Å²) < 4.78 is 0. The van der Waals surface area contributed by atoms with E-state index in [-0.39, 0.29) is 30.0 Å². The van der Waals surface area contributed by atoms with Crippen LogP contribution in [0.4, 0.5) is 11.4 Å². The van der Waals surface area contributed by atoms with Crippen LogP contribution in [0.1, 0.15) is 98.8 Å². The highest BCUT2D eigenvalue weighted by Gasteiger charge is 2.37. The molecule has 276 valence electrons. The predicted molar refractivity (Wildman–Crippen MR) is 201 cm³/mol. The fourth-order valence-electron chi connectivity index (χ4n) is 7.31. The number of carbonyl (C=O) groups is 3. The molecule has 0 spiro atoms. The summed E-state index contributed by atoms with van der Waals surface area (Å²) >= 11 is 0. The van der Waals surface area contributed by atoms with Crippen molar-refractivity contribution in [3.63, 3.8) is 0 Å². The number of aromatic nitrogens is 2. The number of aliphatic carboxylic acids is 1. The van der Waals surface area contributed by atoms with E-state index in [1.807, 2.05) is 69.4 Å². The third kappa shape index (κ3) is 8.16. The van der Waals surface area contributed by atoms with Crippen molar-refractivity contribution in [1.82, 2.24) is 20.2 Å². The Morgan fingerprint density at radius 1 is 0.830 bits per heavy atom. The summed E-state index contributed by atoms with van der Waals surface area (Å²) in [4.78, 5) is 49.6. The maximum atomic E-state index is 13.6. The number of likely N-dealkylation sites (tertiary alicyclic amines) is 1. The Morgan fingerprint density at radius 3 is 1.77 bits per heavy atom. The van der Waals surface area contributed by atoms with Crippen molar-refractivity contribution in [2.75, 3.05) is 30.3 Å². The lowest BCUT2D eigenvalue weighted by atomic mass is 9.94. The molecule has 2 aromatic heterocycles. The van der Waals surface area contributed by atoms with Gasteiger partial charge in [0.25, 0.3) is 11.8 Å². The topological polar surface area (TPSA) is 177 Å². The minimum Gasteiger partial charge on any atom is -0.480 e.